The zero-order valence-corrected chi connectivity index (χ0v) is 15.2. The van der Waals surface area contributed by atoms with Crippen molar-refractivity contribution in [1.29, 1.82) is 0 Å². The molecule has 6 nitrogen and oxygen atoms in total. The maximum absolute atomic E-state index is 12.9. The maximum atomic E-state index is 12.9. The molecule has 140 valence electrons. The van der Waals surface area contributed by atoms with Gasteiger partial charge in [-0.3, -0.25) is 4.79 Å². The van der Waals surface area contributed by atoms with Gasteiger partial charge in [0.1, 0.15) is 6.61 Å². The van der Waals surface area contributed by atoms with E-state index in [9.17, 15) is 9.59 Å². The summed E-state index contributed by atoms with van der Waals surface area (Å²) in [5, 5.41) is 5.80. The van der Waals surface area contributed by atoms with E-state index in [1.807, 2.05) is 12.1 Å². The third-order valence-electron chi connectivity index (χ3n) is 6.04. The van der Waals surface area contributed by atoms with Gasteiger partial charge in [-0.1, -0.05) is 6.07 Å². The van der Waals surface area contributed by atoms with Crippen molar-refractivity contribution in [2.24, 2.45) is 17.8 Å². The zero-order valence-electron chi connectivity index (χ0n) is 15.2. The normalized spacial score (nSPS) is 29.3. The van der Waals surface area contributed by atoms with Crippen molar-refractivity contribution < 1.29 is 14.3 Å². The van der Waals surface area contributed by atoms with Gasteiger partial charge in [0.2, 0.25) is 5.91 Å². The molecule has 26 heavy (non-hydrogen) atoms. The minimum atomic E-state index is -0.212. The molecule has 0 radical (unpaired) electrons. The Bertz CT molecular complexity index is 679. The van der Waals surface area contributed by atoms with Gasteiger partial charge in [0, 0.05) is 31.1 Å². The molecule has 4 fully saturated rings. The third kappa shape index (κ3) is 3.70. The van der Waals surface area contributed by atoms with Crippen LogP contribution in [0, 0.1) is 17.8 Å². The second-order valence-corrected chi connectivity index (χ2v) is 8.07. The van der Waals surface area contributed by atoms with Crippen LogP contribution < -0.4 is 10.6 Å². The van der Waals surface area contributed by atoms with Crippen LogP contribution in [0.2, 0.25) is 0 Å². The lowest BCUT2D eigenvalue weighted by molar-refractivity contribution is -0.119. The van der Waals surface area contributed by atoms with Gasteiger partial charge in [-0.2, -0.15) is 0 Å². The van der Waals surface area contributed by atoms with E-state index in [2.05, 4.69) is 15.5 Å². The van der Waals surface area contributed by atoms with Crippen LogP contribution in [0.4, 0.5) is 16.2 Å². The first-order chi connectivity index (χ1) is 12.6. The molecule has 5 rings (SSSR count). The van der Waals surface area contributed by atoms with Crippen LogP contribution in [0.1, 0.15) is 32.1 Å². The lowest BCUT2D eigenvalue weighted by Gasteiger charge is -2.38. The van der Waals surface area contributed by atoms with Crippen molar-refractivity contribution in [2.45, 2.75) is 38.1 Å². The predicted octanol–water partition coefficient (Wildman–Crippen LogP) is 3.31. The number of benzene rings is 1. The number of fused-ring (bicyclic) bond motifs is 1. The largest absolute Gasteiger partial charge is 0.375 e. The molecule has 0 aromatic heterocycles. The first kappa shape index (κ1) is 17.3. The molecule has 0 spiro atoms. The number of hydrogen-bond donors (Lipinski definition) is 2. The van der Waals surface area contributed by atoms with Crippen LogP contribution in [0.15, 0.2) is 24.3 Å². The summed E-state index contributed by atoms with van der Waals surface area (Å²) in [4.78, 5) is 26.7. The molecular formula is C20H27N3O3. The summed E-state index contributed by atoms with van der Waals surface area (Å²) in [7, 11) is 1.48. The van der Waals surface area contributed by atoms with Gasteiger partial charge in [-0.05, 0) is 68.1 Å². The number of carbonyl (C=O) groups excluding carboxylic acids is 2. The van der Waals surface area contributed by atoms with Crippen LogP contribution in [-0.2, 0) is 9.53 Å². The summed E-state index contributed by atoms with van der Waals surface area (Å²) in [6.07, 6.45) is 6.27. The molecule has 2 heterocycles. The summed E-state index contributed by atoms with van der Waals surface area (Å²) in [5.74, 6) is 2.08. The van der Waals surface area contributed by atoms with E-state index in [4.69, 9.17) is 4.74 Å². The molecule has 2 atom stereocenters. The molecule has 1 aromatic rings. The minimum Gasteiger partial charge on any atom is -0.375 e. The lowest BCUT2D eigenvalue weighted by Crippen LogP contribution is -2.44. The Kier molecular flexibility index (Phi) is 4.85. The van der Waals surface area contributed by atoms with Gasteiger partial charge in [-0.25, -0.2) is 4.79 Å². The summed E-state index contributed by atoms with van der Waals surface area (Å²) in [6.45, 7) is 0.892. The highest BCUT2D eigenvalue weighted by molar-refractivity contribution is 5.94. The molecule has 3 amide bonds. The smallest absolute Gasteiger partial charge is 0.322 e. The number of ether oxygens (including phenoxy) is 1. The molecule has 1 aromatic carbocycles. The lowest BCUT2D eigenvalue weighted by atomic mass is 9.68. The second kappa shape index (κ2) is 7.27. The van der Waals surface area contributed by atoms with Crippen molar-refractivity contribution in [3.63, 3.8) is 0 Å². The Morgan fingerprint density at radius 3 is 2.38 bits per heavy atom. The van der Waals surface area contributed by atoms with Crippen LogP contribution in [-0.4, -0.2) is 43.1 Å². The average Bonchev–Trinajstić information content (AvgIpc) is 2.79. The fourth-order valence-electron chi connectivity index (χ4n) is 5.23. The summed E-state index contributed by atoms with van der Waals surface area (Å²) < 4.78 is 4.83. The van der Waals surface area contributed by atoms with E-state index in [1.54, 1.807) is 12.1 Å². The first-order valence-electron chi connectivity index (χ1n) is 9.57. The number of methoxy groups -OCH3 is 1. The van der Waals surface area contributed by atoms with E-state index in [0.29, 0.717) is 23.3 Å². The van der Waals surface area contributed by atoms with Crippen molar-refractivity contribution in [3.8, 4) is 0 Å². The molecule has 2 saturated carbocycles. The van der Waals surface area contributed by atoms with Gasteiger partial charge >= 0.3 is 6.03 Å². The molecular weight excluding hydrogens is 330 g/mol. The van der Waals surface area contributed by atoms with Gasteiger partial charge in [0.25, 0.3) is 0 Å². The van der Waals surface area contributed by atoms with E-state index < -0.39 is 0 Å². The van der Waals surface area contributed by atoms with E-state index in [-0.39, 0.29) is 18.5 Å². The number of nitrogens with zero attached hydrogens (tertiary/aromatic N) is 1. The highest BCUT2D eigenvalue weighted by atomic mass is 16.5. The predicted molar refractivity (Wildman–Crippen MR) is 100 cm³/mol. The standard InChI is InChI=1S/C20H27N3O3/c1-26-12-19(24)21-16-3-2-4-17(10-16)22-20(25)23-11-15-6-13-5-14(7-15)9-18(23)8-13/h2-4,10,13-15,18H,5-9,11-12H2,1H3,(H,21,24)(H,22,25). The minimum absolute atomic E-state index is 0.00969. The quantitative estimate of drug-likeness (QED) is 0.868. The number of amides is 3. The van der Waals surface area contributed by atoms with Crippen molar-refractivity contribution in [1.82, 2.24) is 4.90 Å². The van der Waals surface area contributed by atoms with Crippen molar-refractivity contribution in [3.05, 3.63) is 24.3 Å². The first-order valence-corrected chi connectivity index (χ1v) is 9.57. The number of carbonyl (C=O) groups is 2. The van der Waals surface area contributed by atoms with E-state index >= 15 is 0 Å². The Balaban J connectivity index is 1.42. The SMILES string of the molecule is COCC(=O)Nc1cccc(NC(=O)N2CC3CC4CC(C3)CC2C4)c1. The fraction of sp³-hybridized carbons (Fsp3) is 0.600. The van der Waals surface area contributed by atoms with Crippen LogP contribution in [0.3, 0.4) is 0 Å². The summed E-state index contributed by atoms with van der Waals surface area (Å²) >= 11 is 0. The molecule has 2 aliphatic heterocycles. The Morgan fingerprint density at radius 1 is 1.04 bits per heavy atom. The number of nitrogens with one attached hydrogen (secondary N) is 2. The maximum Gasteiger partial charge on any atom is 0.322 e. The molecule has 2 unspecified atom stereocenters. The van der Waals surface area contributed by atoms with Crippen molar-refractivity contribution in [2.75, 3.05) is 30.9 Å². The Morgan fingerprint density at radius 2 is 1.69 bits per heavy atom. The summed E-state index contributed by atoms with van der Waals surface area (Å²) in [6, 6.07) is 7.64. The van der Waals surface area contributed by atoms with Gasteiger partial charge in [-0.15, -0.1) is 0 Å². The molecule has 2 aliphatic carbocycles. The third-order valence-corrected chi connectivity index (χ3v) is 6.04. The second-order valence-electron chi connectivity index (χ2n) is 8.07. The number of rotatable bonds is 4. The van der Waals surface area contributed by atoms with Gasteiger partial charge in [0.15, 0.2) is 0 Å². The van der Waals surface area contributed by atoms with E-state index in [1.165, 1.54) is 26.4 Å². The average molecular weight is 357 g/mol. The van der Waals surface area contributed by atoms with Crippen LogP contribution >= 0.6 is 0 Å². The zero-order chi connectivity index (χ0) is 18.1. The van der Waals surface area contributed by atoms with Gasteiger partial charge < -0.3 is 20.3 Å². The highest BCUT2D eigenvalue weighted by Crippen LogP contribution is 2.47. The molecule has 2 N–H and O–H groups in total. The van der Waals surface area contributed by atoms with Crippen LogP contribution in [0.5, 0.6) is 0 Å². The Labute approximate surface area is 154 Å². The molecule has 4 bridgehead atoms. The van der Waals surface area contributed by atoms with Crippen molar-refractivity contribution >= 4 is 23.3 Å². The number of hydrogen-bond acceptors (Lipinski definition) is 3. The monoisotopic (exact) mass is 357 g/mol. The van der Waals surface area contributed by atoms with Gasteiger partial charge in [0.05, 0.1) is 0 Å². The number of urea groups is 1. The molecule has 2 saturated heterocycles. The topological polar surface area (TPSA) is 70.7 Å². The number of anilines is 2. The Hall–Kier alpha value is -2.08. The highest BCUT2D eigenvalue weighted by Gasteiger charge is 2.44. The summed E-state index contributed by atoms with van der Waals surface area (Å²) in [5.41, 5.74) is 1.36. The molecule has 6 heteroatoms. The fourth-order valence-corrected chi connectivity index (χ4v) is 5.23. The van der Waals surface area contributed by atoms with E-state index in [0.717, 1.165) is 31.2 Å². The van der Waals surface area contributed by atoms with Crippen LogP contribution in [0.25, 0.3) is 0 Å². The molecule has 4 aliphatic rings.